The Hall–Kier alpha value is -2.02. The zero-order valence-electron chi connectivity index (χ0n) is 11.4. The molecule has 1 aromatic heterocycles. The van der Waals surface area contributed by atoms with Crippen LogP contribution in [0.3, 0.4) is 0 Å². The molecule has 1 heterocycles. The van der Waals surface area contributed by atoms with Crippen molar-refractivity contribution in [3.05, 3.63) is 35.7 Å². The van der Waals surface area contributed by atoms with E-state index in [9.17, 15) is 8.42 Å². The summed E-state index contributed by atoms with van der Waals surface area (Å²) in [5, 5.41) is 3.61. The molecule has 0 fully saturated rings. The van der Waals surface area contributed by atoms with E-state index in [2.05, 4.69) is 5.16 Å². The zero-order valence-corrected chi connectivity index (χ0v) is 12.2. The van der Waals surface area contributed by atoms with Crippen molar-refractivity contribution in [1.82, 2.24) is 5.16 Å². The summed E-state index contributed by atoms with van der Waals surface area (Å²) in [6, 6.07) is 6.34. The first-order chi connectivity index (χ1) is 9.44. The molecule has 6 nitrogen and oxygen atoms in total. The number of aromatic nitrogens is 1. The largest absolute Gasteiger partial charge is 0.494 e. The van der Waals surface area contributed by atoms with Crippen LogP contribution >= 0.6 is 0 Å². The van der Waals surface area contributed by atoms with Gasteiger partial charge in [0.2, 0.25) is 0 Å². The highest BCUT2D eigenvalue weighted by Gasteiger charge is 2.26. The van der Waals surface area contributed by atoms with Crippen LogP contribution in [0, 0.1) is 13.8 Å². The predicted molar refractivity (Wildman–Crippen MR) is 71.4 cm³/mol. The van der Waals surface area contributed by atoms with E-state index in [-0.39, 0.29) is 22.1 Å². The summed E-state index contributed by atoms with van der Waals surface area (Å²) in [5.74, 6) is 1.05. The summed E-state index contributed by atoms with van der Waals surface area (Å²) in [5.41, 5.74) is 0.272. The van der Waals surface area contributed by atoms with E-state index in [0.717, 1.165) is 0 Å². The fraction of sp³-hybridized carbons (Fsp3) is 0.308. The third-order valence-electron chi connectivity index (χ3n) is 2.56. The summed E-state index contributed by atoms with van der Waals surface area (Å²) in [4.78, 5) is -0.0358. The molecule has 7 heteroatoms. The Balaban J connectivity index is 2.24. The molecule has 20 heavy (non-hydrogen) atoms. The number of ether oxygens (including phenoxy) is 1. The lowest BCUT2D eigenvalue weighted by Gasteiger charge is -2.07. The van der Waals surface area contributed by atoms with Gasteiger partial charge in [-0.1, -0.05) is 5.16 Å². The van der Waals surface area contributed by atoms with E-state index in [1.165, 1.54) is 19.1 Å². The van der Waals surface area contributed by atoms with Crippen molar-refractivity contribution in [3.63, 3.8) is 0 Å². The zero-order chi connectivity index (χ0) is 14.8. The molecule has 0 aliphatic carbocycles. The average Bonchev–Trinajstić information content (AvgIpc) is 2.72. The van der Waals surface area contributed by atoms with Gasteiger partial charge in [-0.15, -0.1) is 0 Å². The second kappa shape index (κ2) is 5.54. The SMILES string of the molecule is CCOc1ccc(OS(=O)(=O)c2c(C)noc2C)cc1. The maximum absolute atomic E-state index is 12.2. The molecule has 0 bridgehead atoms. The van der Waals surface area contributed by atoms with Crippen molar-refractivity contribution < 1.29 is 21.9 Å². The third kappa shape index (κ3) is 2.93. The van der Waals surface area contributed by atoms with Crippen molar-refractivity contribution >= 4 is 10.1 Å². The first-order valence-electron chi connectivity index (χ1n) is 6.04. The summed E-state index contributed by atoms with van der Waals surface area (Å²) >= 11 is 0. The van der Waals surface area contributed by atoms with Crippen molar-refractivity contribution in [2.45, 2.75) is 25.7 Å². The van der Waals surface area contributed by atoms with Crippen LogP contribution in [0.25, 0.3) is 0 Å². The number of benzene rings is 1. The Bertz CT molecular complexity index is 669. The van der Waals surface area contributed by atoms with Gasteiger partial charge in [-0.05, 0) is 45.0 Å². The van der Waals surface area contributed by atoms with Crippen LogP contribution in [0.4, 0.5) is 0 Å². The number of hydrogen-bond donors (Lipinski definition) is 0. The van der Waals surface area contributed by atoms with Crippen molar-refractivity contribution in [1.29, 1.82) is 0 Å². The van der Waals surface area contributed by atoms with E-state index in [1.54, 1.807) is 19.1 Å². The van der Waals surface area contributed by atoms with Gasteiger partial charge in [0.05, 0.1) is 6.61 Å². The van der Waals surface area contributed by atoms with Crippen molar-refractivity contribution in [3.8, 4) is 11.5 Å². The Morgan fingerprint density at radius 2 is 1.75 bits per heavy atom. The molecule has 108 valence electrons. The molecule has 0 amide bonds. The molecule has 0 saturated heterocycles. The summed E-state index contributed by atoms with van der Waals surface area (Å²) in [7, 11) is -3.95. The Morgan fingerprint density at radius 1 is 1.15 bits per heavy atom. The van der Waals surface area contributed by atoms with E-state index < -0.39 is 10.1 Å². The van der Waals surface area contributed by atoms with Gasteiger partial charge >= 0.3 is 10.1 Å². The number of nitrogens with zero attached hydrogens (tertiary/aromatic N) is 1. The topological polar surface area (TPSA) is 78.6 Å². The Labute approximate surface area is 117 Å². The normalized spacial score (nSPS) is 11.3. The van der Waals surface area contributed by atoms with Gasteiger partial charge in [-0.3, -0.25) is 0 Å². The summed E-state index contributed by atoms with van der Waals surface area (Å²) in [6.45, 7) is 5.48. The summed E-state index contributed by atoms with van der Waals surface area (Å²) < 4.78 is 39.5. The molecule has 1 aromatic carbocycles. The average molecular weight is 297 g/mol. The Morgan fingerprint density at radius 3 is 2.25 bits per heavy atom. The van der Waals surface area contributed by atoms with Crippen molar-refractivity contribution in [2.24, 2.45) is 0 Å². The molecular formula is C13H15NO5S. The lowest BCUT2D eigenvalue weighted by Crippen LogP contribution is -2.11. The molecule has 2 aromatic rings. The van der Waals surface area contributed by atoms with E-state index in [0.29, 0.717) is 12.4 Å². The predicted octanol–water partition coefficient (Wildman–Crippen LogP) is 2.46. The second-order valence-corrected chi connectivity index (χ2v) is 5.58. The molecule has 0 aliphatic heterocycles. The van der Waals surface area contributed by atoms with Crippen LogP contribution < -0.4 is 8.92 Å². The van der Waals surface area contributed by atoms with E-state index in [1.807, 2.05) is 6.92 Å². The van der Waals surface area contributed by atoms with Gasteiger partial charge in [-0.25, -0.2) is 0 Å². The maximum atomic E-state index is 12.2. The molecule has 0 aliphatic rings. The highest BCUT2D eigenvalue weighted by atomic mass is 32.2. The van der Waals surface area contributed by atoms with Crippen LogP contribution in [-0.4, -0.2) is 20.2 Å². The highest BCUT2D eigenvalue weighted by Crippen LogP contribution is 2.25. The minimum atomic E-state index is -3.95. The lowest BCUT2D eigenvalue weighted by atomic mass is 10.3. The van der Waals surface area contributed by atoms with Crippen LogP contribution in [0.15, 0.2) is 33.7 Å². The van der Waals surface area contributed by atoms with Crippen LogP contribution in [0.5, 0.6) is 11.5 Å². The van der Waals surface area contributed by atoms with Crippen LogP contribution in [-0.2, 0) is 10.1 Å². The minimum Gasteiger partial charge on any atom is -0.494 e. The fourth-order valence-electron chi connectivity index (χ4n) is 1.76. The quantitative estimate of drug-likeness (QED) is 0.789. The minimum absolute atomic E-state index is 0.0358. The lowest BCUT2D eigenvalue weighted by molar-refractivity contribution is 0.340. The first-order valence-corrected chi connectivity index (χ1v) is 7.45. The second-order valence-electron chi connectivity index (χ2n) is 4.10. The smallest absolute Gasteiger partial charge is 0.344 e. The highest BCUT2D eigenvalue weighted by molar-refractivity contribution is 7.87. The molecule has 0 saturated carbocycles. The molecule has 0 N–H and O–H groups in total. The van der Waals surface area contributed by atoms with Gasteiger partial charge in [-0.2, -0.15) is 8.42 Å². The number of hydrogen-bond acceptors (Lipinski definition) is 6. The molecular weight excluding hydrogens is 282 g/mol. The summed E-state index contributed by atoms with van der Waals surface area (Å²) in [6.07, 6.45) is 0. The fourth-order valence-corrected chi connectivity index (χ4v) is 2.99. The Kier molecular flexibility index (Phi) is 3.99. The van der Waals surface area contributed by atoms with Gasteiger partial charge in [0.1, 0.15) is 17.2 Å². The van der Waals surface area contributed by atoms with Crippen LogP contribution in [0.1, 0.15) is 18.4 Å². The van der Waals surface area contributed by atoms with Crippen molar-refractivity contribution in [2.75, 3.05) is 6.61 Å². The van der Waals surface area contributed by atoms with Gasteiger partial charge < -0.3 is 13.4 Å². The number of rotatable bonds is 5. The monoisotopic (exact) mass is 297 g/mol. The van der Waals surface area contributed by atoms with Gasteiger partial charge in [0.15, 0.2) is 10.7 Å². The maximum Gasteiger partial charge on any atom is 0.344 e. The van der Waals surface area contributed by atoms with E-state index in [4.69, 9.17) is 13.4 Å². The molecule has 0 atom stereocenters. The number of aryl methyl sites for hydroxylation is 2. The molecule has 0 spiro atoms. The third-order valence-corrected chi connectivity index (χ3v) is 4.05. The van der Waals surface area contributed by atoms with E-state index >= 15 is 0 Å². The first kappa shape index (κ1) is 14.4. The van der Waals surface area contributed by atoms with Gasteiger partial charge in [0.25, 0.3) is 0 Å². The molecule has 0 radical (unpaired) electrons. The molecule has 2 rings (SSSR count). The van der Waals surface area contributed by atoms with Crippen LogP contribution in [0.2, 0.25) is 0 Å². The molecule has 0 unspecified atom stereocenters. The van der Waals surface area contributed by atoms with Gasteiger partial charge in [0, 0.05) is 0 Å². The standard InChI is InChI=1S/C13H15NO5S/c1-4-17-11-5-7-12(8-6-11)19-20(15,16)13-9(2)14-18-10(13)3/h5-8H,4H2,1-3H3.